The van der Waals surface area contributed by atoms with Crippen LogP contribution >= 0.6 is 11.6 Å². The fourth-order valence-electron chi connectivity index (χ4n) is 2.54. The second-order valence-electron chi connectivity index (χ2n) is 6.03. The quantitative estimate of drug-likeness (QED) is 0.629. The number of nitrogens with zero attached hydrogens (tertiary/aromatic N) is 2. The van der Waals surface area contributed by atoms with Gasteiger partial charge in [-0.15, -0.1) is 0 Å². The minimum absolute atomic E-state index is 0.0106. The first-order chi connectivity index (χ1) is 13.4. The second-order valence-corrected chi connectivity index (χ2v) is 6.47. The number of rotatable bonds is 7. The van der Waals surface area contributed by atoms with E-state index in [0.29, 0.717) is 23.1 Å². The first-order valence-corrected chi connectivity index (χ1v) is 8.91. The summed E-state index contributed by atoms with van der Waals surface area (Å²) >= 11 is 5.93. The predicted molar refractivity (Wildman–Crippen MR) is 104 cm³/mol. The zero-order valence-corrected chi connectivity index (χ0v) is 16.1. The van der Waals surface area contributed by atoms with Crippen LogP contribution in [0.15, 0.2) is 40.9 Å². The molecule has 3 aromatic rings. The topological polar surface area (TPSA) is 112 Å². The normalized spacial score (nSPS) is 10.7. The van der Waals surface area contributed by atoms with Gasteiger partial charge in [-0.25, -0.2) is 0 Å². The van der Waals surface area contributed by atoms with Crippen molar-refractivity contribution in [2.45, 2.75) is 27.0 Å². The summed E-state index contributed by atoms with van der Waals surface area (Å²) in [5.74, 6) is -0.0312. The van der Waals surface area contributed by atoms with Crippen molar-refractivity contribution in [2.75, 3.05) is 5.32 Å². The van der Waals surface area contributed by atoms with Crippen LogP contribution in [0.1, 0.15) is 39.3 Å². The number of nitrogens with one attached hydrogen (secondary N) is 1. The summed E-state index contributed by atoms with van der Waals surface area (Å²) in [6.45, 7) is 4.41. The summed E-state index contributed by atoms with van der Waals surface area (Å²) in [5, 5.41) is 7.25. The lowest BCUT2D eigenvalue weighted by Crippen LogP contribution is -2.17. The maximum atomic E-state index is 12.4. The van der Waals surface area contributed by atoms with Crippen molar-refractivity contribution in [3.8, 4) is 5.75 Å². The third kappa shape index (κ3) is 4.34. The summed E-state index contributed by atoms with van der Waals surface area (Å²) in [5.41, 5.74) is 6.41. The smallest absolute Gasteiger partial charge is 0.291 e. The molecule has 2 amide bonds. The zero-order valence-electron chi connectivity index (χ0n) is 15.4. The van der Waals surface area contributed by atoms with Crippen LogP contribution in [0.2, 0.25) is 5.02 Å². The molecule has 0 spiro atoms. The first kappa shape index (κ1) is 19.5. The SMILES string of the molecule is CCn1cc(NC(=O)c2ccc(COc3ccc(Cl)cc3C)o2)c(C(N)=O)n1. The van der Waals surface area contributed by atoms with Gasteiger partial charge < -0.3 is 20.2 Å². The van der Waals surface area contributed by atoms with Crippen molar-refractivity contribution in [1.29, 1.82) is 0 Å². The van der Waals surface area contributed by atoms with Gasteiger partial charge in [-0.05, 0) is 49.7 Å². The molecular weight excluding hydrogens is 384 g/mol. The number of hydrogen-bond donors (Lipinski definition) is 2. The van der Waals surface area contributed by atoms with E-state index in [-0.39, 0.29) is 23.7 Å². The predicted octanol–water partition coefficient (Wildman–Crippen LogP) is 3.39. The van der Waals surface area contributed by atoms with Crippen molar-refractivity contribution < 1.29 is 18.7 Å². The molecule has 0 saturated carbocycles. The van der Waals surface area contributed by atoms with Gasteiger partial charge in [-0.1, -0.05) is 11.6 Å². The molecule has 9 heteroatoms. The molecule has 0 aliphatic rings. The van der Waals surface area contributed by atoms with Gasteiger partial charge >= 0.3 is 0 Å². The van der Waals surface area contributed by atoms with E-state index in [1.54, 1.807) is 24.3 Å². The summed E-state index contributed by atoms with van der Waals surface area (Å²) in [6.07, 6.45) is 1.54. The number of nitrogens with two attached hydrogens (primary N) is 1. The number of furan rings is 1. The molecule has 0 bridgehead atoms. The second kappa shape index (κ2) is 8.18. The Morgan fingerprint density at radius 2 is 2.11 bits per heavy atom. The highest BCUT2D eigenvalue weighted by molar-refractivity contribution is 6.30. The van der Waals surface area contributed by atoms with Gasteiger partial charge in [0.15, 0.2) is 11.5 Å². The summed E-state index contributed by atoms with van der Waals surface area (Å²) in [6, 6.07) is 8.47. The van der Waals surface area contributed by atoms with Crippen molar-refractivity contribution >= 4 is 29.1 Å². The molecule has 0 aliphatic heterocycles. The molecule has 2 aromatic heterocycles. The molecule has 146 valence electrons. The molecule has 2 heterocycles. The molecule has 0 unspecified atom stereocenters. The molecule has 28 heavy (non-hydrogen) atoms. The number of halogens is 1. The highest BCUT2D eigenvalue weighted by Crippen LogP contribution is 2.23. The van der Waals surface area contributed by atoms with E-state index in [1.165, 1.54) is 16.9 Å². The Kier molecular flexibility index (Phi) is 5.70. The highest BCUT2D eigenvalue weighted by Gasteiger charge is 2.19. The standard InChI is InChI=1S/C19H19ClN4O4/c1-3-24-9-14(17(23-24)18(21)25)22-19(26)16-7-5-13(28-16)10-27-15-6-4-12(20)8-11(15)2/h4-9H,3,10H2,1-2H3,(H2,21,25)(H,22,26). The molecule has 3 N–H and O–H groups in total. The summed E-state index contributed by atoms with van der Waals surface area (Å²) in [4.78, 5) is 23.9. The van der Waals surface area contributed by atoms with Crippen molar-refractivity contribution in [1.82, 2.24) is 9.78 Å². The fraction of sp³-hybridized carbons (Fsp3) is 0.211. The van der Waals surface area contributed by atoms with Crippen LogP contribution in [0, 0.1) is 6.92 Å². The minimum Gasteiger partial charge on any atom is -0.485 e. The number of carbonyl (C=O) groups is 2. The van der Waals surface area contributed by atoms with E-state index < -0.39 is 11.8 Å². The highest BCUT2D eigenvalue weighted by atomic mass is 35.5. The van der Waals surface area contributed by atoms with Gasteiger partial charge in [0.2, 0.25) is 0 Å². The monoisotopic (exact) mass is 402 g/mol. The molecular formula is C19H19ClN4O4. The van der Waals surface area contributed by atoms with Crippen LogP contribution in [-0.2, 0) is 13.2 Å². The van der Waals surface area contributed by atoms with E-state index in [1.807, 2.05) is 13.8 Å². The number of anilines is 1. The van der Waals surface area contributed by atoms with Crippen molar-refractivity contribution in [3.63, 3.8) is 0 Å². The van der Waals surface area contributed by atoms with E-state index >= 15 is 0 Å². The van der Waals surface area contributed by atoms with Crippen LogP contribution < -0.4 is 15.8 Å². The Balaban J connectivity index is 1.67. The number of aryl methyl sites for hydroxylation is 2. The molecule has 0 radical (unpaired) electrons. The molecule has 8 nitrogen and oxygen atoms in total. The zero-order chi connectivity index (χ0) is 20.3. The molecule has 0 saturated heterocycles. The molecule has 3 rings (SSSR count). The van der Waals surface area contributed by atoms with Gasteiger partial charge in [0, 0.05) is 17.8 Å². The number of benzene rings is 1. The van der Waals surface area contributed by atoms with E-state index in [2.05, 4.69) is 10.4 Å². The van der Waals surface area contributed by atoms with Crippen molar-refractivity contribution in [2.24, 2.45) is 5.73 Å². The molecule has 1 aromatic carbocycles. The third-order valence-corrected chi connectivity index (χ3v) is 4.19. The number of carbonyl (C=O) groups excluding carboxylic acids is 2. The molecule has 0 atom stereocenters. The largest absolute Gasteiger partial charge is 0.485 e. The van der Waals surface area contributed by atoms with Crippen LogP contribution in [0.5, 0.6) is 5.75 Å². The third-order valence-electron chi connectivity index (χ3n) is 3.96. The number of hydrogen-bond acceptors (Lipinski definition) is 5. The number of primary amides is 1. The van der Waals surface area contributed by atoms with Crippen LogP contribution in [-0.4, -0.2) is 21.6 Å². The fourth-order valence-corrected chi connectivity index (χ4v) is 2.77. The Bertz CT molecular complexity index is 1020. The van der Waals surface area contributed by atoms with E-state index in [4.69, 9.17) is 26.5 Å². The average molecular weight is 403 g/mol. The summed E-state index contributed by atoms with van der Waals surface area (Å²) < 4.78 is 12.7. The van der Waals surface area contributed by atoms with Crippen LogP contribution in [0.4, 0.5) is 5.69 Å². The maximum Gasteiger partial charge on any atom is 0.291 e. The van der Waals surface area contributed by atoms with Crippen LogP contribution in [0.3, 0.4) is 0 Å². The number of ether oxygens (including phenoxy) is 1. The van der Waals surface area contributed by atoms with Crippen LogP contribution in [0.25, 0.3) is 0 Å². The Hall–Kier alpha value is -3.26. The Morgan fingerprint density at radius 3 is 2.79 bits per heavy atom. The maximum absolute atomic E-state index is 12.4. The number of aromatic nitrogens is 2. The lowest BCUT2D eigenvalue weighted by Gasteiger charge is -2.07. The Labute approximate surface area is 166 Å². The van der Waals surface area contributed by atoms with Gasteiger partial charge in [0.05, 0.1) is 5.69 Å². The average Bonchev–Trinajstić information content (AvgIpc) is 3.28. The van der Waals surface area contributed by atoms with Gasteiger partial charge in [0.25, 0.3) is 11.8 Å². The molecule has 0 aliphatic carbocycles. The number of amides is 2. The summed E-state index contributed by atoms with van der Waals surface area (Å²) in [7, 11) is 0. The van der Waals surface area contributed by atoms with Crippen molar-refractivity contribution in [3.05, 3.63) is 64.3 Å². The van der Waals surface area contributed by atoms with Gasteiger partial charge in [0.1, 0.15) is 18.1 Å². The lowest BCUT2D eigenvalue weighted by molar-refractivity contribution is 0.0992. The van der Waals surface area contributed by atoms with Gasteiger partial charge in [-0.3, -0.25) is 14.3 Å². The Morgan fingerprint density at radius 1 is 1.32 bits per heavy atom. The first-order valence-electron chi connectivity index (χ1n) is 8.53. The van der Waals surface area contributed by atoms with E-state index in [0.717, 1.165) is 5.56 Å². The van der Waals surface area contributed by atoms with Gasteiger partial charge in [-0.2, -0.15) is 5.10 Å². The molecule has 0 fully saturated rings. The minimum atomic E-state index is -0.727. The lowest BCUT2D eigenvalue weighted by atomic mass is 10.2. The van der Waals surface area contributed by atoms with E-state index in [9.17, 15) is 9.59 Å².